The van der Waals surface area contributed by atoms with Gasteiger partial charge in [0.25, 0.3) is 11.8 Å². The molecule has 2 amide bonds. The van der Waals surface area contributed by atoms with Crippen molar-refractivity contribution < 1.29 is 9.59 Å². The second-order valence-electron chi connectivity index (χ2n) is 4.79. The van der Waals surface area contributed by atoms with E-state index < -0.39 is 11.8 Å². The first-order valence-corrected chi connectivity index (χ1v) is 7.78. The molecule has 0 saturated carbocycles. The fourth-order valence-corrected chi connectivity index (χ4v) is 2.35. The summed E-state index contributed by atoms with van der Waals surface area (Å²) < 4.78 is 1.96. The Bertz CT molecular complexity index is 771. The molecular weight excluding hydrogens is 338 g/mol. The Kier molecular flexibility index (Phi) is 5.89. The van der Waals surface area contributed by atoms with E-state index in [1.807, 2.05) is 6.92 Å². The van der Waals surface area contributed by atoms with Gasteiger partial charge in [0.15, 0.2) is 4.77 Å². The average Bonchev–Trinajstić information content (AvgIpc) is 2.86. The largest absolute Gasteiger partial charge is 0.295 e. The van der Waals surface area contributed by atoms with Gasteiger partial charge in [-0.1, -0.05) is 24.6 Å². The van der Waals surface area contributed by atoms with E-state index in [9.17, 15) is 9.59 Å². The molecule has 3 N–H and O–H groups in total. The third-order valence-corrected chi connectivity index (χ3v) is 3.56. The number of benzene rings is 1. The standard InChI is InChI=1S/C14H16ClN5O2S/c1-2-4-11-16-19-14(23)20(11)8-12(21)17-18-13(22)9-5-3-6-10(15)7-9/h3,5-7H,2,4,8H2,1H3,(H,17,21)(H,18,22)(H,19,23). The molecule has 0 fully saturated rings. The van der Waals surface area contributed by atoms with Crippen LogP contribution in [0.4, 0.5) is 0 Å². The molecule has 0 atom stereocenters. The van der Waals surface area contributed by atoms with Crippen molar-refractivity contribution in [2.75, 3.05) is 0 Å². The average molecular weight is 354 g/mol. The van der Waals surface area contributed by atoms with E-state index in [2.05, 4.69) is 21.0 Å². The van der Waals surface area contributed by atoms with Crippen molar-refractivity contribution in [2.24, 2.45) is 0 Å². The number of nitrogens with one attached hydrogen (secondary N) is 3. The lowest BCUT2D eigenvalue weighted by atomic mass is 10.2. The van der Waals surface area contributed by atoms with Crippen LogP contribution in [0.1, 0.15) is 29.5 Å². The molecule has 9 heteroatoms. The van der Waals surface area contributed by atoms with E-state index in [0.717, 1.165) is 6.42 Å². The number of aromatic amines is 1. The predicted octanol–water partition coefficient (Wildman–Crippen LogP) is 2.01. The summed E-state index contributed by atoms with van der Waals surface area (Å²) in [5.41, 5.74) is 5.03. The number of carbonyl (C=O) groups is 2. The minimum absolute atomic E-state index is 0.0273. The first-order valence-electron chi connectivity index (χ1n) is 7.00. The smallest absolute Gasteiger partial charge is 0.269 e. The number of H-pyrrole nitrogens is 1. The Labute approximate surface area is 143 Å². The molecule has 0 bridgehead atoms. The number of halogens is 1. The fourth-order valence-electron chi connectivity index (χ4n) is 1.94. The quantitative estimate of drug-likeness (QED) is 0.566. The molecule has 7 nitrogen and oxygen atoms in total. The summed E-state index contributed by atoms with van der Waals surface area (Å²) in [7, 11) is 0. The van der Waals surface area contributed by atoms with Crippen molar-refractivity contribution in [1.29, 1.82) is 0 Å². The minimum atomic E-state index is -0.453. The topological polar surface area (TPSA) is 91.8 Å². The van der Waals surface area contributed by atoms with Gasteiger partial charge in [-0.15, -0.1) is 0 Å². The van der Waals surface area contributed by atoms with Crippen molar-refractivity contribution in [2.45, 2.75) is 26.3 Å². The van der Waals surface area contributed by atoms with Crippen molar-refractivity contribution >= 4 is 35.6 Å². The van der Waals surface area contributed by atoms with E-state index in [1.165, 1.54) is 6.07 Å². The Balaban J connectivity index is 1.94. The molecule has 23 heavy (non-hydrogen) atoms. The van der Waals surface area contributed by atoms with Crippen LogP contribution < -0.4 is 10.9 Å². The number of amides is 2. The molecule has 0 spiro atoms. The number of rotatable bonds is 5. The number of hydrogen-bond donors (Lipinski definition) is 3. The van der Waals surface area contributed by atoms with Crippen LogP contribution in [0.3, 0.4) is 0 Å². The summed E-state index contributed by atoms with van der Waals surface area (Å²) in [6, 6.07) is 6.42. The lowest BCUT2D eigenvalue weighted by molar-refractivity contribution is -0.122. The summed E-state index contributed by atoms with van der Waals surface area (Å²) in [6.07, 6.45) is 1.59. The van der Waals surface area contributed by atoms with Gasteiger partial charge in [-0.25, -0.2) is 0 Å². The minimum Gasteiger partial charge on any atom is -0.295 e. The molecule has 2 aromatic rings. The van der Waals surface area contributed by atoms with Crippen molar-refractivity contribution in [3.05, 3.63) is 45.4 Å². The SMILES string of the molecule is CCCc1n[nH]c(=S)n1CC(=O)NNC(=O)c1cccc(Cl)c1. The van der Waals surface area contributed by atoms with Gasteiger partial charge in [-0.05, 0) is 36.8 Å². The number of hydrazine groups is 1. The van der Waals surface area contributed by atoms with Crippen molar-refractivity contribution in [3.63, 3.8) is 0 Å². The zero-order valence-corrected chi connectivity index (χ0v) is 14.0. The molecular formula is C14H16ClN5O2S. The van der Waals surface area contributed by atoms with Crippen LogP contribution >= 0.6 is 23.8 Å². The highest BCUT2D eigenvalue weighted by Gasteiger charge is 2.11. The summed E-state index contributed by atoms with van der Waals surface area (Å²) in [4.78, 5) is 23.9. The second kappa shape index (κ2) is 7.89. The maximum Gasteiger partial charge on any atom is 0.269 e. The number of carbonyl (C=O) groups excluding carboxylic acids is 2. The van der Waals surface area contributed by atoms with E-state index in [-0.39, 0.29) is 6.54 Å². The fraction of sp³-hybridized carbons (Fsp3) is 0.286. The molecule has 122 valence electrons. The lowest BCUT2D eigenvalue weighted by Gasteiger charge is -2.09. The molecule has 0 aliphatic heterocycles. The molecule has 1 aromatic heterocycles. The highest BCUT2D eigenvalue weighted by Crippen LogP contribution is 2.10. The highest BCUT2D eigenvalue weighted by atomic mass is 35.5. The first kappa shape index (κ1) is 17.2. The molecule has 1 heterocycles. The Hall–Kier alpha value is -2.19. The molecule has 0 radical (unpaired) electrons. The van der Waals surface area contributed by atoms with Crippen LogP contribution in [0.2, 0.25) is 5.02 Å². The zero-order chi connectivity index (χ0) is 16.8. The van der Waals surface area contributed by atoms with Gasteiger partial charge in [-0.3, -0.25) is 30.1 Å². The number of aryl methyl sites for hydroxylation is 1. The normalized spacial score (nSPS) is 10.3. The van der Waals surface area contributed by atoms with E-state index in [4.69, 9.17) is 23.8 Å². The number of aromatic nitrogens is 3. The van der Waals surface area contributed by atoms with Crippen molar-refractivity contribution in [1.82, 2.24) is 25.6 Å². The predicted molar refractivity (Wildman–Crippen MR) is 88.5 cm³/mol. The first-order chi connectivity index (χ1) is 11.0. The molecule has 0 unspecified atom stereocenters. The Morgan fingerprint density at radius 1 is 1.39 bits per heavy atom. The van der Waals surface area contributed by atoms with Crippen LogP contribution in [0, 0.1) is 4.77 Å². The monoisotopic (exact) mass is 353 g/mol. The van der Waals surface area contributed by atoms with Gasteiger partial charge in [0, 0.05) is 17.0 Å². The van der Waals surface area contributed by atoms with Crippen molar-refractivity contribution in [3.8, 4) is 0 Å². The third kappa shape index (κ3) is 4.64. The maximum atomic E-state index is 12.0. The van der Waals surface area contributed by atoms with Gasteiger partial charge in [0.1, 0.15) is 12.4 Å². The molecule has 0 aliphatic carbocycles. The Morgan fingerprint density at radius 2 is 2.17 bits per heavy atom. The summed E-state index contributed by atoms with van der Waals surface area (Å²) in [6.45, 7) is 1.98. The van der Waals surface area contributed by atoms with Crippen LogP contribution in [0.25, 0.3) is 0 Å². The summed E-state index contributed by atoms with van der Waals surface area (Å²) >= 11 is 10.9. The van der Waals surface area contributed by atoms with Crippen LogP contribution in [0.5, 0.6) is 0 Å². The van der Waals surface area contributed by atoms with Gasteiger partial charge in [-0.2, -0.15) is 5.10 Å². The van der Waals surface area contributed by atoms with Gasteiger partial charge in [0.05, 0.1) is 0 Å². The van der Waals surface area contributed by atoms with E-state index in [0.29, 0.717) is 27.6 Å². The van der Waals surface area contributed by atoms with Gasteiger partial charge in [0.2, 0.25) is 0 Å². The summed E-state index contributed by atoms with van der Waals surface area (Å²) in [5.74, 6) is -0.158. The summed E-state index contributed by atoms with van der Waals surface area (Å²) in [5, 5.41) is 7.18. The molecule has 0 aliphatic rings. The van der Waals surface area contributed by atoms with E-state index >= 15 is 0 Å². The van der Waals surface area contributed by atoms with Crippen LogP contribution in [-0.4, -0.2) is 26.6 Å². The van der Waals surface area contributed by atoms with Gasteiger partial charge < -0.3 is 0 Å². The van der Waals surface area contributed by atoms with E-state index in [1.54, 1.807) is 22.8 Å². The lowest BCUT2D eigenvalue weighted by Crippen LogP contribution is -2.43. The zero-order valence-electron chi connectivity index (χ0n) is 12.4. The van der Waals surface area contributed by atoms with Crippen LogP contribution in [-0.2, 0) is 17.8 Å². The maximum absolute atomic E-state index is 12.0. The number of nitrogens with zero attached hydrogens (tertiary/aromatic N) is 2. The second-order valence-corrected chi connectivity index (χ2v) is 5.62. The molecule has 2 rings (SSSR count). The molecule has 1 aromatic carbocycles. The van der Waals surface area contributed by atoms with Gasteiger partial charge >= 0.3 is 0 Å². The number of hydrogen-bond acceptors (Lipinski definition) is 4. The Morgan fingerprint density at radius 3 is 2.87 bits per heavy atom. The molecule has 0 saturated heterocycles. The van der Waals surface area contributed by atoms with Crippen LogP contribution in [0.15, 0.2) is 24.3 Å². The third-order valence-electron chi connectivity index (χ3n) is 3.01. The highest BCUT2D eigenvalue weighted by molar-refractivity contribution is 7.71.